The number of hydrogen-bond acceptors (Lipinski definition) is 2. The summed E-state index contributed by atoms with van der Waals surface area (Å²) in [4.78, 5) is 0. The van der Waals surface area contributed by atoms with Gasteiger partial charge in [-0.15, -0.1) is 0 Å². The van der Waals surface area contributed by atoms with Gasteiger partial charge in [0.25, 0.3) is 0 Å². The lowest BCUT2D eigenvalue weighted by molar-refractivity contribution is -0.0167. The second-order valence-corrected chi connectivity index (χ2v) is 5.78. The Bertz CT molecular complexity index is 337. The SMILES string of the molecule is CC1CC(COCc2ccccc2)CC(C)C1O. The molecule has 1 aliphatic rings. The van der Waals surface area contributed by atoms with Gasteiger partial charge in [-0.25, -0.2) is 0 Å². The molecule has 0 heterocycles. The molecule has 0 spiro atoms. The van der Waals surface area contributed by atoms with Crippen molar-refractivity contribution >= 4 is 0 Å². The van der Waals surface area contributed by atoms with E-state index in [4.69, 9.17) is 4.74 Å². The normalized spacial score (nSPS) is 32.4. The van der Waals surface area contributed by atoms with Crippen molar-refractivity contribution in [3.05, 3.63) is 35.9 Å². The van der Waals surface area contributed by atoms with Gasteiger partial charge in [0.1, 0.15) is 0 Å². The smallest absolute Gasteiger partial charge is 0.0717 e. The standard InChI is InChI=1S/C16H24O2/c1-12-8-15(9-13(2)16(12)17)11-18-10-14-6-4-3-5-7-14/h3-7,12-13,15-17H,8-11H2,1-2H3. The van der Waals surface area contributed by atoms with Gasteiger partial charge >= 0.3 is 0 Å². The molecule has 1 aromatic carbocycles. The number of aliphatic hydroxyl groups is 1. The van der Waals surface area contributed by atoms with Gasteiger partial charge in [-0.3, -0.25) is 0 Å². The molecule has 0 amide bonds. The van der Waals surface area contributed by atoms with Crippen LogP contribution in [0.3, 0.4) is 0 Å². The Morgan fingerprint density at radius 3 is 2.33 bits per heavy atom. The van der Waals surface area contributed by atoms with Gasteiger partial charge in [-0.2, -0.15) is 0 Å². The van der Waals surface area contributed by atoms with Crippen LogP contribution in [0.2, 0.25) is 0 Å². The topological polar surface area (TPSA) is 29.5 Å². The molecule has 1 aromatic rings. The van der Waals surface area contributed by atoms with Crippen molar-refractivity contribution in [3.63, 3.8) is 0 Å². The van der Waals surface area contributed by atoms with E-state index in [1.165, 1.54) is 5.56 Å². The van der Waals surface area contributed by atoms with E-state index in [9.17, 15) is 5.11 Å². The molecule has 0 bridgehead atoms. The summed E-state index contributed by atoms with van der Waals surface area (Å²) in [6.07, 6.45) is 2.04. The fourth-order valence-corrected chi connectivity index (χ4v) is 3.04. The molecule has 0 radical (unpaired) electrons. The molecular formula is C16H24O2. The maximum Gasteiger partial charge on any atom is 0.0717 e. The Labute approximate surface area is 110 Å². The molecule has 2 rings (SSSR count). The Morgan fingerprint density at radius 2 is 1.72 bits per heavy atom. The minimum absolute atomic E-state index is 0.129. The predicted molar refractivity (Wildman–Crippen MR) is 73.2 cm³/mol. The molecule has 100 valence electrons. The van der Waals surface area contributed by atoms with E-state index in [-0.39, 0.29) is 6.10 Å². The third-order valence-corrected chi connectivity index (χ3v) is 4.04. The van der Waals surface area contributed by atoms with Crippen molar-refractivity contribution < 1.29 is 9.84 Å². The van der Waals surface area contributed by atoms with Gasteiger partial charge in [-0.05, 0) is 36.2 Å². The molecule has 1 fully saturated rings. The average Bonchev–Trinajstić information content (AvgIpc) is 2.37. The number of rotatable bonds is 4. The highest BCUT2D eigenvalue weighted by atomic mass is 16.5. The van der Waals surface area contributed by atoms with Crippen LogP contribution in [-0.4, -0.2) is 17.8 Å². The average molecular weight is 248 g/mol. The molecule has 2 heteroatoms. The van der Waals surface area contributed by atoms with E-state index < -0.39 is 0 Å². The summed E-state index contributed by atoms with van der Waals surface area (Å²) >= 11 is 0. The summed E-state index contributed by atoms with van der Waals surface area (Å²) in [5.74, 6) is 1.40. The number of hydrogen-bond donors (Lipinski definition) is 1. The molecule has 0 saturated heterocycles. The summed E-state index contributed by atoms with van der Waals surface area (Å²) < 4.78 is 5.81. The zero-order valence-electron chi connectivity index (χ0n) is 11.4. The summed E-state index contributed by atoms with van der Waals surface area (Å²) in [7, 11) is 0. The first kappa shape index (κ1) is 13.6. The van der Waals surface area contributed by atoms with Gasteiger partial charge in [0.05, 0.1) is 12.7 Å². The van der Waals surface area contributed by atoms with Gasteiger partial charge in [0.2, 0.25) is 0 Å². The van der Waals surface area contributed by atoms with Crippen LogP contribution in [0.4, 0.5) is 0 Å². The van der Waals surface area contributed by atoms with E-state index in [0.29, 0.717) is 24.4 Å². The molecule has 18 heavy (non-hydrogen) atoms. The highest BCUT2D eigenvalue weighted by molar-refractivity contribution is 5.13. The molecule has 0 aromatic heterocycles. The summed E-state index contributed by atoms with van der Waals surface area (Å²) in [5, 5.41) is 9.93. The van der Waals surface area contributed by atoms with E-state index in [2.05, 4.69) is 26.0 Å². The lowest BCUT2D eigenvalue weighted by Gasteiger charge is -2.35. The number of aliphatic hydroxyl groups excluding tert-OH is 1. The number of ether oxygens (including phenoxy) is 1. The van der Waals surface area contributed by atoms with Crippen LogP contribution in [0.15, 0.2) is 30.3 Å². The van der Waals surface area contributed by atoms with Crippen LogP contribution < -0.4 is 0 Å². The lowest BCUT2D eigenvalue weighted by atomic mass is 9.75. The van der Waals surface area contributed by atoms with Crippen LogP contribution in [0, 0.1) is 17.8 Å². The molecule has 1 N–H and O–H groups in total. The summed E-state index contributed by atoms with van der Waals surface area (Å²) in [6.45, 7) is 5.80. The Hall–Kier alpha value is -0.860. The van der Waals surface area contributed by atoms with Crippen LogP contribution in [0.1, 0.15) is 32.3 Å². The largest absolute Gasteiger partial charge is 0.393 e. The predicted octanol–water partition coefficient (Wildman–Crippen LogP) is 3.25. The van der Waals surface area contributed by atoms with Crippen molar-refractivity contribution in [1.29, 1.82) is 0 Å². The van der Waals surface area contributed by atoms with Crippen molar-refractivity contribution in [3.8, 4) is 0 Å². The lowest BCUT2D eigenvalue weighted by Crippen LogP contribution is -2.35. The van der Waals surface area contributed by atoms with Crippen LogP contribution >= 0.6 is 0 Å². The van der Waals surface area contributed by atoms with E-state index in [1.807, 2.05) is 18.2 Å². The highest BCUT2D eigenvalue weighted by Crippen LogP contribution is 2.33. The van der Waals surface area contributed by atoms with E-state index in [1.54, 1.807) is 0 Å². The number of benzene rings is 1. The first-order chi connectivity index (χ1) is 8.66. The highest BCUT2D eigenvalue weighted by Gasteiger charge is 2.31. The Balaban J connectivity index is 1.74. The molecule has 1 saturated carbocycles. The Kier molecular flexibility index (Phi) is 4.79. The Morgan fingerprint density at radius 1 is 1.11 bits per heavy atom. The molecule has 2 unspecified atom stereocenters. The van der Waals surface area contributed by atoms with Gasteiger partial charge in [0, 0.05) is 6.61 Å². The zero-order valence-corrected chi connectivity index (χ0v) is 11.4. The van der Waals surface area contributed by atoms with Gasteiger partial charge in [0.15, 0.2) is 0 Å². The molecule has 2 nitrogen and oxygen atoms in total. The fourth-order valence-electron chi connectivity index (χ4n) is 3.04. The van der Waals surface area contributed by atoms with E-state index >= 15 is 0 Å². The van der Waals surface area contributed by atoms with Crippen LogP contribution in [-0.2, 0) is 11.3 Å². The summed E-state index contributed by atoms with van der Waals surface area (Å²) in [6, 6.07) is 10.3. The molecule has 0 aliphatic heterocycles. The monoisotopic (exact) mass is 248 g/mol. The van der Waals surface area contributed by atoms with Gasteiger partial charge in [-0.1, -0.05) is 44.2 Å². The minimum atomic E-state index is -0.129. The van der Waals surface area contributed by atoms with Crippen molar-refractivity contribution in [1.82, 2.24) is 0 Å². The fraction of sp³-hybridized carbons (Fsp3) is 0.625. The zero-order chi connectivity index (χ0) is 13.0. The van der Waals surface area contributed by atoms with Crippen molar-refractivity contribution in [2.75, 3.05) is 6.61 Å². The van der Waals surface area contributed by atoms with Crippen molar-refractivity contribution in [2.24, 2.45) is 17.8 Å². The second-order valence-electron chi connectivity index (χ2n) is 5.78. The van der Waals surface area contributed by atoms with E-state index in [0.717, 1.165) is 19.4 Å². The maximum absolute atomic E-state index is 9.93. The van der Waals surface area contributed by atoms with Crippen molar-refractivity contribution in [2.45, 2.75) is 39.4 Å². The second kappa shape index (κ2) is 6.35. The maximum atomic E-state index is 9.93. The molecule has 1 aliphatic carbocycles. The third-order valence-electron chi connectivity index (χ3n) is 4.04. The molecular weight excluding hydrogens is 224 g/mol. The van der Waals surface area contributed by atoms with Crippen LogP contribution in [0.25, 0.3) is 0 Å². The summed E-state index contributed by atoms with van der Waals surface area (Å²) in [5.41, 5.74) is 1.23. The quantitative estimate of drug-likeness (QED) is 0.886. The van der Waals surface area contributed by atoms with Gasteiger partial charge < -0.3 is 9.84 Å². The minimum Gasteiger partial charge on any atom is -0.393 e. The first-order valence-corrected chi connectivity index (χ1v) is 6.96. The molecule has 2 atom stereocenters. The third kappa shape index (κ3) is 3.56. The van der Waals surface area contributed by atoms with Crippen LogP contribution in [0.5, 0.6) is 0 Å². The first-order valence-electron chi connectivity index (χ1n) is 6.96.